The van der Waals surface area contributed by atoms with Crippen molar-refractivity contribution in [2.45, 2.75) is 19.3 Å². The molecule has 0 aliphatic carbocycles. The number of carbonyl (C=O) groups is 2. The molecule has 2 amide bonds. The average Bonchev–Trinajstić information content (AvgIpc) is 3.52. The highest BCUT2D eigenvalue weighted by Crippen LogP contribution is 2.32. The number of hydrogen-bond donors (Lipinski definition) is 1. The van der Waals surface area contributed by atoms with Gasteiger partial charge in [0.05, 0.1) is 33.9 Å². The summed E-state index contributed by atoms with van der Waals surface area (Å²) in [5.41, 5.74) is 1.99. The quantitative estimate of drug-likeness (QED) is 0.168. The zero-order valence-corrected chi connectivity index (χ0v) is 24.5. The standard InChI is InChI=1S/C33H25N7O7/c41-32-31(36-33(42)47-21-22-9-3-1-4-10-22)35-30(23-11-5-2-6-12-23)25-13-7-8-14-26(25)38(32)20-29-34-17-18-37(29)27-16-15-24(39(43)44)19-28(27)40(45)46/h1-19,31H,20-21H2,(H,36,42). The molecule has 47 heavy (non-hydrogen) atoms. The summed E-state index contributed by atoms with van der Waals surface area (Å²) in [6.45, 7) is -0.232. The molecule has 14 nitrogen and oxygen atoms in total. The fourth-order valence-corrected chi connectivity index (χ4v) is 5.18. The maximum absolute atomic E-state index is 14.3. The number of carbonyl (C=O) groups excluding carboxylic acids is 2. The normalized spacial score (nSPS) is 14.0. The van der Waals surface area contributed by atoms with Crippen molar-refractivity contribution < 1.29 is 24.2 Å². The molecule has 0 saturated carbocycles. The molecule has 0 saturated heterocycles. The minimum absolute atomic E-state index is 0.0176. The highest BCUT2D eigenvalue weighted by atomic mass is 16.6. The molecule has 5 aromatic rings. The number of anilines is 1. The van der Waals surface area contributed by atoms with Gasteiger partial charge in [0.15, 0.2) is 0 Å². The number of benzene rings is 4. The number of fused-ring (bicyclic) bond motifs is 1. The van der Waals surface area contributed by atoms with E-state index < -0.39 is 39.4 Å². The van der Waals surface area contributed by atoms with Gasteiger partial charge in [-0.3, -0.25) is 34.9 Å². The summed E-state index contributed by atoms with van der Waals surface area (Å²) >= 11 is 0. The summed E-state index contributed by atoms with van der Waals surface area (Å²) in [5.74, 6) is -0.411. The number of aromatic nitrogens is 2. The molecule has 1 aliphatic heterocycles. The molecule has 0 spiro atoms. The van der Waals surface area contributed by atoms with E-state index in [4.69, 9.17) is 9.73 Å². The lowest BCUT2D eigenvalue weighted by atomic mass is 10.0. The van der Waals surface area contributed by atoms with Crippen molar-refractivity contribution >= 4 is 34.8 Å². The van der Waals surface area contributed by atoms with Crippen molar-refractivity contribution in [2.75, 3.05) is 4.90 Å². The van der Waals surface area contributed by atoms with Gasteiger partial charge in [0.1, 0.15) is 18.1 Å². The summed E-state index contributed by atoms with van der Waals surface area (Å²) in [7, 11) is 0. The minimum atomic E-state index is -1.42. The number of hydrogen-bond acceptors (Lipinski definition) is 9. The number of nitro benzene ring substituents is 2. The molecule has 14 heteroatoms. The van der Waals surface area contributed by atoms with Gasteiger partial charge in [-0.15, -0.1) is 0 Å². The van der Waals surface area contributed by atoms with Gasteiger partial charge in [0.2, 0.25) is 6.17 Å². The molecule has 1 N–H and O–H groups in total. The highest BCUT2D eigenvalue weighted by molar-refractivity contribution is 6.20. The summed E-state index contributed by atoms with van der Waals surface area (Å²) in [6, 6.07) is 28.6. The third-order valence-electron chi connectivity index (χ3n) is 7.37. The summed E-state index contributed by atoms with van der Waals surface area (Å²) in [4.78, 5) is 59.6. The molecular weight excluding hydrogens is 606 g/mol. The Hall–Kier alpha value is -6.70. The average molecular weight is 632 g/mol. The van der Waals surface area contributed by atoms with E-state index in [9.17, 15) is 29.8 Å². The molecule has 0 fully saturated rings. The third kappa shape index (κ3) is 6.42. The van der Waals surface area contributed by atoms with Crippen LogP contribution in [0.15, 0.2) is 121 Å². The molecule has 1 atom stereocenters. The Bertz CT molecular complexity index is 2010. The zero-order chi connectivity index (χ0) is 32.9. The Balaban J connectivity index is 1.39. The number of aliphatic imine (C=N–C) groups is 1. The number of nitro groups is 2. The molecule has 1 aromatic heterocycles. The van der Waals surface area contributed by atoms with Crippen LogP contribution in [0.1, 0.15) is 22.5 Å². The Kier molecular flexibility index (Phi) is 8.46. The zero-order valence-electron chi connectivity index (χ0n) is 24.5. The van der Waals surface area contributed by atoms with Crippen LogP contribution in [-0.2, 0) is 22.7 Å². The van der Waals surface area contributed by atoms with Crippen molar-refractivity contribution in [1.82, 2.24) is 14.9 Å². The topological polar surface area (TPSA) is 175 Å². The number of ether oxygens (including phenoxy) is 1. The summed E-state index contributed by atoms with van der Waals surface area (Å²) in [5, 5.41) is 25.8. The predicted molar refractivity (Wildman–Crippen MR) is 170 cm³/mol. The Morgan fingerprint density at radius 1 is 0.872 bits per heavy atom. The number of non-ortho nitro benzene ring substituents is 1. The largest absolute Gasteiger partial charge is 0.445 e. The minimum Gasteiger partial charge on any atom is -0.445 e. The van der Waals surface area contributed by atoms with Crippen molar-refractivity contribution in [1.29, 1.82) is 0 Å². The first-order chi connectivity index (χ1) is 22.8. The lowest BCUT2D eigenvalue weighted by Crippen LogP contribution is -2.47. The Morgan fingerprint density at radius 2 is 1.57 bits per heavy atom. The van der Waals surface area contributed by atoms with E-state index in [-0.39, 0.29) is 24.7 Å². The van der Waals surface area contributed by atoms with Gasteiger partial charge in [-0.25, -0.2) is 14.8 Å². The first-order valence-corrected chi connectivity index (χ1v) is 14.3. The Labute approximate surface area is 266 Å². The van der Waals surface area contributed by atoms with Crippen molar-refractivity contribution in [3.05, 3.63) is 158 Å². The van der Waals surface area contributed by atoms with Crippen LogP contribution in [0.5, 0.6) is 0 Å². The molecule has 4 aromatic carbocycles. The second-order valence-corrected chi connectivity index (χ2v) is 10.3. The number of benzodiazepines with no additional fused rings is 1. The van der Waals surface area contributed by atoms with E-state index in [1.165, 1.54) is 27.9 Å². The van der Waals surface area contributed by atoms with E-state index in [2.05, 4.69) is 10.3 Å². The molecule has 234 valence electrons. The number of alkyl carbamates (subject to hydrolysis) is 1. The van der Waals surface area contributed by atoms with Crippen LogP contribution in [-0.4, -0.2) is 43.3 Å². The van der Waals surface area contributed by atoms with E-state index in [1.54, 1.807) is 36.4 Å². The van der Waals surface area contributed by atoms with E-state index >= 15 is 0 Å². The lowest BCUT2D eigenvalue weighted by molar-refractivity contribution is -0.394. The van der Waals surface area contributed by atoms with Gasteiger partial charge < -0.3 is 9.64 Å². The van der Waals surface area contributed by atoms with Gasteiger partial charge >= 0.3 is 6.09 Å². The smallest absolute Gasteiger partial charge is 0.409 e. The molecule has 0 bridgehead atoms. The molecule has 2 heterocycles. The lowest BCUT2D eigenvalue weighted by Gasteiger charge is -2.25. The third-order valence-corrected chi connectivity index (χ3v) is 7.37. The van der Waals surface area contributed by atoms with Crippen LogP contribution >= 0.6 is 0 Å². The Morgan fingerprint density at radius 3 is 2.30 bits per heavy atom. The van der Waals surface area contributed by atoms with Crippen LogP contribution in [0.4, 0.5) is 21.9 Å². The van der Waals surface area contributed by atoms with Crippen molar-refractivity contribution in [3.63, 3.8) is 0 Å². The fourth-order valence-electron chi connectivity index (χ4n) is 5.18. The molecule has 1 aliphatic rings. The van der Waals surface area contributed by atoms with Gasteiger partial charge in [0.25, 0.3) is 17.3 Å². The molecule has 6 rings (SSSR count). The number of imidazole rings is 1. The van der Waals surface area contributed by atoms with Crippen LogP contribution in [0.25, 0.3) is 5.69 Å². The number of rotatable bonds is 9. The van der Waals surface area contributed by atoms with Gasteiger partial charge in [-0.2, -0.15) is 0 Å². The molecular formula is C33H25N7O7. The summed E-state index contributed by atoms with van der Waals surface area (Å²) in [6.07, 6.45) is 0.577. The first kappa shape index (κ1) is 30.3. The fraction of sp³-hybridized carbons (Fsp3) is 0.0909. The van der Waals surface area contributed by atoms with Crippen LogP contribution in [0.3, 0.4) is 0 Å². The van der Waals surface area contributed by atoms with Crippen LogP contribution in [0, 0.1) is 20.2 Å². The van der Waals surface area contributed by atoms with Gasteiger partial charge in [-0.1, -0.05) is 78.9 Å². The van der Waals surface area contributed by atoms with Gasteiger partial charge in [0, 0.05) is 29.6 Å². The van der Waals surface area contributed by atoms with E-state index in [0.29, 0.717) is 22.5 Å². The molecule has 1 unspecified atom stereocenters. The number of amides is 2. The summed E-state index contributed by atoms with van der Waals surface area (Å²) < 4.78 is 6.79. The SMILES string of the molecule is O=C(NC1N=C(c2ccccc2)c2ccccc2N(Cc2nccn2-c2ccc([N+](=O)[O-])cc2[N+](=O)[O-])C1=O)OCc1ccccc1. The van der Waals surface area contributed by atoms with Crippen LogP contribution < -0.4 is 10.2 Å². The second kappa shape index (κ2) is 13.1. The maximum atomic E-state index is 14.3. The highest BCUT2D eigenvalue weighted by Gasteiger charge is 2.34. The van der Waals surface area contributed by atoms with Crippen molar-refractivity contribution in [3.8, 4) is 5.69 Å². The van der Waals surface area contributed by atoms with Crippen LogP contribution in [0.2, 0.25) is 0 Å². The van der Waals surface area contributed by atoms with E-state index in [0.717, 1.165) is 17.7 Å². The number of nitrogens with one attached hydrogen (secondary N) is 1. The monoisotopic (exact) mass is 631 g/mol. The van der Waals surface area contributed by atoms with E-state index in [1.807, 2.05) is 48.5 Å². The predicted octanol–water partition coefficient (Wildman–Crippen LogP) is 5.33. The van der Waals surface area contributed by atoms with Crippen molar-refractivity contribution in [2.24, 2.45) is 4.99 Å². The number of para-hydroxylation sites is 1. The second-order valence-electron chi connectivity index (χ2n) is 10.3. The first-order valence-electron chi connectivity index (χ1n) is 14.3. The number of nitrogens with zero attached hydrogens (tertiary/aromatic N) is 6. The molecule has 0 radical (unpaired) electrons. The maximum Gasteiger partial charge on any atom is 0.409 e. The van der Waals surface area contributed by atoms with Gasteiger partial charge in [-0.05, 0) is 17.7 Å².